The van der Waals surface area contributed by atoms with Gasteiger partial charge < -0.3 is 15.2 Å². The minimum absolute atomic E-state index is 0.0492. The third kappa shape index (κ3) is 3.60. The summed E-state index contributed by atoms with van der Waals surface area (Å²) in [5, 5.41) is 12.1. The van der Waals surface area contributed by atoms with Gasteiger partial charge in [0.05, 0.1) is 12.0 Å². The van der Waals surface area contributed by atoms with Crippen LogP contribution in [0.1, 0.15) is 51.5 Å². The molecule has 166 valence electrons. The second-order valence-electron chi connectivity index (χ2n) is 8.43. The molecule has 2 heterocycles. The minimum atomic E-state index is -1.10. The fraction of sp³-hybridized carbons (Fsp3) is 0.522. The van der Waals surface area contributed by atoms with Crippen molar-refractivity contribution in [1.82, 2.24) is 10.2 Å². The molecule has 4 rings (SSSR count). The predicted octanol–water partition coefficient (Wildman–Crippen LogP) is 3.05. The van der Waals surface area contributed by atoms with Crippen LogP contribution >= 0.6 is 11.8 Å². The number of carbonyl (C=O) groups is 3. The quantitative estimate of drug-likeness (QED) is 0.628. The molecule has 2 atom stereocenters. The summed E-state index contributed by atoms with van der Waals surface area (Å²) in [4.78, 5) is 39.4. The van der Waals surface area contributed by atoms with Gasteiger partial charge in [-0.05, 0) is 37.8 Å². The Balaban J connectivity index is 1.58. The molecule has 31 heavy (non-hydrogen) atoms. The number of β-lactam (4-membered cyclic amide) rings is 1. The summed E-state index contributed by atoms with van der Waals surface area (Å²) in [7, 11) is 0. The topological polar surface area (TPSA) is 95.9 Å². The van der Waals surface area contributed by atoms with Crippen LogP contribution in [0.15, 0.2) is 35.5 Å². The zero-order valence-corrected chi connectivity index (χ0v) is 18.7. The Labute approximate surface area is 186 Å². The van der Waals surface area contributed by atoms with Gasteiger partial charge in [-0.2, -0.15) is 0 Å². The standard InChI is InChI=1S/C23H28N2O5S/c1-3-12-30-16-9-5-4-8-15(16)23(10-6-7-11-23)22(29)24-17-19(26)25-18(21(27)28)14(2)13-31-20(17)25/h4-5,8-9,17,20H,3,6-7,10-13H2,1-2H3,(H,24,29)(H,27,28)/t17-,20-/m1/s1. The molecule has 0 aromatic heterocycles. The van der Waals surface area contributed by atoms with Crippen LogP contribution in [-0.4, -0.2) is 51.6 Å². The summed E-state index contributed by atoms with van der Waals surface area (Å²) in [5.74, 6) is -0.372. The molecule has 2 amide bonds. The summed E-state index contributed by atoms with van der Waals surface area (Å²) >= 11 is 1.49. The largest absolute Gasteiger partial charge is 0.493 e. The SMILES string of the molecule is CCCOc1ccccc1C1(C(=O)N[C@@H]2C(=O)N3C(C(=O)O)=C(C)CS[C@H]23)CCCC1. The number of thioether (sulfide) groups is 1. The monoisotopic (exact) mass is 444 g/mol. The van der Waals surface area contributed by atoms with Gasteiger partial charge in [0.25, 0.3) is 5.91 Å². The number of nitrogens with one attached hydrogen (secondary N) is 1. The third-order valence-electron chi connectivity index (χ3n) is 6.40. The zero-order chi connectivity index (χ0) is 22.2. The Morgan fingerprint density at radius 1 is 1.29 bits per heavy atom. The van der Waals surface area contributed by atoms with Crippen LogP contribution in [0.5, 0.6) is 5.75 Å². The number of benzene rings is 1. The molecule has 0 bridgehead atoms. The number of aliphatic carboxylic acids is 1. The van der Waals surface area contributed by atoms with E-state index >= 15 is 0 Å². The summed E-state index contributed by atoms with van der Waals surface area (Å²) in [5.41, 5.74) is 0.862. The van der Waals surface area contributed by atoms with Crippen molar-refractivity contribution in [1.29, 1.82) is 0 Å². The van der Waals surface area contributed by atoms with Gasteiger partial charge in [-0.3, -0.25) is 14.5 Å². The number of amides is 2. The molecule has 1 saturated carbocycles. The Morgan fingerprint density at radius 3 is 2.68 bits per heavy atom. The molecule has 8 heteroatoms. The van der Waals surface area contributed by atoms with Gasteiger partial charge in [0.1, 0.15) is 22.9 Å². The summed E-state index contributed by atoms with van der Waals surface area (Å²) in [6.07, 6.45) is 4.14. The van der Waals surface area contributed by atoms with Gasteiger partial charge in [-0.25, -0.2) is 4.79 Å². The van der Waals surface area contributed by atoms with E-state index in [1.54, 1.807) is 6.92 Å². The molecule has 0 spiro atoms. The highest BCUT2D eigenvalue weighted by atomic mass is 32.2. The van der Waals surface area contributed by atoms with Crippen LogP contribution in [0.2, 0.25) is 0 Å². The molecular weight excluding hydrogens is 416 g/mol. The Bertz CT molecular complexity index is 938. The predicted molar refractivity (Wildman–Crippen MR) is 118 cm³/mol. The number of ether oxygens (including phenoxy) is 1. The van der Waals surface area contributed by atoms with Gasteiger partial charge in [-0.1, -0.05) is 38.0 Å². The van der Waals surface area contributed by atoms with Crippen molar-refractivity contribution in [3.8, 4) is 5.75 Å². The number of carboxylic acids is 1. The van der Waals surface area contributed by atoms with Crippen LogP contribution in [0.25, 0.3) is 0 Å². The normalized spacial score (nSPS) is 24.5. The van der Waals surface area contributed by atoms with E-state index in [2.05, 4.69) is 5.32 Å². The minimum Gasteiger partial charge on any atom is -0.493 e. The highest BCUT2D eigenvalue weighted by Crippen LogP contribution is 2.46. The molecule has 7 nitrogen and oxygen atoms in total. The van der Waals surface area contributed by atoms with E-state index in [4.69, 9.17) is 4.74 Å². The fourth-order valence-corrected chi connectivity index (χ4v) is 6.14. The molecule has 1 aliphatic carbocycles. The first-order chi connectivity index (χ1) is 14.9. The van der Waals surface area contributed by atoms with Crippen molar-refractivity contribution in [2.75, 3.05) is 12.4 Å². The lowest BCUT2D eigenvalue weighted by Crippen LogP contribution is -2.71. The average molecular weight is 445 g/mol. The Hall–Kier alpha value is -2.48. The molecule has 1 aromatic rings. The number of rotatable bonds is 7. The summed E-state index contributed by atoms with van der Waals surface area (Å²) in [6.45, 7) is 4.35. The van der Waals surface area contributed by atoms with Crippen LogP contribution in [0.4, 0.5) is 0 Å². The first-order valence-electron chi connectivity index (χ1n) is 10.8. The lowest BCUT2D eigenvalue weighted by Gasteiger charge is -2.50. The maximum absolute atomic E-state index is 13.6. The summed E-state index contributed by atoms with van der Waals surface area (Å²) < 4.78 is 5.95. The Kier molecular flexibility index (Phi) is 6.01. The average Bonchev–Trinajstić information content (AvgIpc) is 3.26. The van der Waals surface area contributed by atoms with Crippen LogP contribution in [0.3, 0.4) is 0 Å². The maximum atomic E-state index is 13.6. The Morgan fingerprint density at radius 2 is 2.00 bits per heavy atom. The molecule has 2 aliphatic heterocycles. The molecule has 1 aromatic carbocycles. The smallest absolute Gasteiger partial charge is 0.352 e. The second kappa shape index (κ2) is 8.57. The first-order valence-corrected chi connectivity index (χ1v) is 11.9. The van der Waals surface area contributed by atoms with Crippen LogP contribution in [-0.2, 0) is 19.8 Å². The van der Waals surface area contributed by atoms with E-state index < -0.39 is 17.4 Å². The molecule has 2 fully saturated rings. The number of carbonyl (C=O) groups excluding carboxylic acids is 2. The lowest BCUT2D eigenvalue weighted by atomic mass is 9.77. The highest BCUT2D eigenvalue weighted by Gasteiger charge is 2.55. The van der Waals surface area contributed by atoms with Gasteiger partial charge in [0.2, 0.25) is 5.91 Å². The van der Waals surface area contributed by atoms with Gasteiger partial charge in [-0.15, -0.1) is 11.8 Å². The summed E-state index contributed by atoms with van der Waals surface area (Å²) in [6, 6.07) is 6.97. The number of hydrogen-bond acceptors (Lipinski definition) is 5. The maximum Gasteiger partial charge on any atom is 0.352 e. The van der Waals surface area contributed by atoms with E-state index in [-0.39, 0.29) is 22.9 Å². The second-order valence-corrected chi connectivity index (χ2v) is 9.53. The first kappa shape index (κ1) is 21.7. The van der Waals surface area contributed by atoms with Crippen molar-refractivity contribution in [3.63, 3.8) is 0 Å². The van der Waals surface area contributed by atoms with Crippen molar-refractivity contribution in [2.45, 2.75) is 62.8 Å². The number of carboxylic acid groups (broad SMARTS) is 1. The van der Waals surface area contributed by atoms with E-state index in [0.717, 1.165) is 30.6 Å². The van der Waals surface area contributed by atoms with Gasteiger partial charge >= 0.3 is 5.97 Å². The molecule has 2 N–H and O–H groups in total. The van der Waals surface area contributed by atoms with Gasteiger partial charge in [0.15, 0.2) is 0 Å². The van der Waals surface area contributed by atoms with Crippen molar-refractivity contribution in [2.24, 2.45) is 0 Å². The number of para-hydroxylation sites is 1. The van der Waals surface area contributed by atoms with Crippen molar-refractivity contribution >= 4 is 29.5 Å². The molecular formula is C23H28N2O5S. The number of nitrogens with zero attached hydrogens (tertiary/aromatic N) is 1. The highest BCUT2D eigenvalue weighted by molar-refractivity contribution is 8.00. The molecule has 0 radical (unpaired) electrons. The third-order valence-corrected chi connectivity index (χ3v) is 7.83. The van der Waals surface area contributed by atoms with Crippen molar-refractivity contribution in [3.05, 3.63) is 41.1 Å². The van der Waals surface area contributed by atoms with Crippen LogP contribution in [0, 0.1) is 0 Å². The van der Waals surface area contributed by atoms with Crippen molar-refractivity contribution < 1.29 is 24.2 Å². The van der Waals surface area contributed by atoms with E-state index in [0.29, 0.717) is 30.8 Å². The number of hydrogen-bond donors (Lipinski definition) is 2. The molecule has 3 aliphatic rings. The van der Waals surface area contributed by atoms with Crippen LogP contribution < -0.4 is 10.1 Å². The lowest BCUT2D eigenvalue weighted by molar-refractivity contribution is -0.151. The number of fused-ring (bicyclic) bond motifs is 1. The van der Waals surface area contributed by atoms with E-state index in [1.165, 1.54) is 16.7 Å². The van der Waals surface area contributed by atoms with Gasteiger partial charge in [0, 0.05) is 11.3 Å². The fourth-order valence-electron chi connectivity index (χ4n) is 4.85. The van der Waals surface area contributed by atoms with E-state index in [1.807, 2.05) is 31.2 Å². The zero-order valence-electron chi connectivity index (χ0n) is 17.8. The van der Waals surface area contributed by atoms with E-state index in [9.17, 15) is 19.5 Å². The molecule has 0 unspecified atom stereocenters. The molecule has 1 saturated heterocycles.